The molecule has 0 aliphatic carbocycles. The van der Waals surface area contributed by atoms with Crippen molar-refractivity contribution in [3.63, 3.8) is 0 Å². The molecule has 1 aromatic heterocycles. The highest BCUT2D eigenvalue weighted by Crippen LogP contribution is 2.16. The van der Waals surface area contributed by atoms with Crippen LogP contribution in [0.1, 0.15) is 12.2 Å². The number of amides is 1. The Hall–Kier alpha value is -0.820. The average molecular weight is 347 g/mol. The molecule has 0 spiro atoms. The second kappa shape index (κ2) is 5.68. The molecule has 0 saturated carbocycles. The van der Waals surface area contributed by atoms with E-state index in [1.807, 2.05) is 12.1 Å². The van der Waals surface area contributed by atoms with Crippen LogP contribution in [-0.4, -0.2) is 35.6 Å². The van der Waals surface area contributed by atoms with Crippen LogP contribution in [0.2, 0.25) is 0 Å². The van der Waals surface area contributed by atoms with Crippen LogP contribution in [0.3, 0.4) is 0 Å². The molecule has 1 aliphatic heterocycles. The first kappa shape index (κ1) is 12.6. The summed E-state index contributed by atoms with van der Waals surface area (Å²) in [5.74, 6) is 0.893. The molecule has 0 bridgehead atoms. The third-order valence-corrected chi connectivity index (χ3v) is 3.42. The van der Waals surface area contributed by atoms with Gasteiger partial charge in [0.25, 0.3) is 0 Å². The lowest BCUT2D eigenvalue weighted by atomic mass is 10.1. The number of likely N-dealkylation sites (tertiary alicyclic amines) is 1. The van der Waals surface area contributed by atoms with Gasteiger partial charge in [0.1, 0.15) is 5.76 Å². The minimum atomic E-state index is -0.0210. The van der Waals surface area contributed by atoms with Crippen molar-refractivity contribution in [1.82, 2.24) is 4.90 Å². The summed E-state index contributed by atoms with van der Waals surface area (Å²) >= 11 is 2.08. The number of aliphatic hydroxyl groups excluding tert-OH is 1. The summed E-state index contributed by atoms with van der Waals surface area (Å²) in [6.45, 7) is 1.53. The van der Waals surface area contributed by atoms with E-state index in [0.717, 1.165) is 16.7 Å². The third kappa shape index (κ3) is 3.32. The van der Waals surface area contributed by atoms with Gasteiger partial charge in [-0.15, -0.1) is 0 Å². The summed E-state index contributed by atoms with van der Waals surface area (Å²) in [4.78, 5) is 13.6. The van der Waals surface area contributed by atoms with Gasteiger partial charge in [0, 0.05) is 31.7 Å². The molecular weight excluding hydrogens is 333 g/mol. The lowest BCUT2D eigenvalue weighted by molar-refractivity contribution is -0.125. The normalized spacial score (nSPS) is 20.4. The molecule has 2 heterocycles. The number of carbonyl (C=O) groups excluding carboxylic acids is 1. The number of aliphatic hydroxyl groups is 1. The zero-order valence-electron chi connectivity index (χ0n) is 9.30. The van der Waals surface area contributed by atoms with Gasteiger partial charge in [-0.3, -0.25) is 4.79 Å². The van der Waals surface area contributed by atoms with E-state index in [4.69, 9.17) is 9.52 Å². The second-order valence-electron chi connectivity index (χ2n) is 4.10. The van der Waals surface area contributed by atoms with E-state index in [2.05, 4.69) is 22.6 Å². The highest BCUT2D eigenvalue weighted by Gasteiger charge is 2.24. The lowest BCUT2D eigenvalue weighted by Gasteiger charge is -2.13. The van der Waals surface area contributed by atoms with Crippen LogP contribution in [0, 0.1) is 9.68 Å². The monoisotopic (exact) mass is 347 g/mol. The van der Waals surface area contributed by atoms with E-state index in [9.17, 15) is 4.79 Å². The molecule has 1 fully saturated rings. The first-order valence-corrected chi connectivity index (χ1v) is 6.60. The quantitative estimate of drug-likeness (QED) is 0.670. The standard InChI is InChI=1S/C12H14INO3/c13-11-3-1-10(17-11)2-4-12(16)14-6-5-9(7-14)8-15/h1-4,9,15H,5-8H2/b4-2+. The highest BCUT2D eigenvalue weighted by atomic mass is 127. The zero-order valence-corrected chi connectivity index (χ0v) is 11.5. The van der Waals surface area contributed by atoms with E-state index < -0.39 is 0 Å². The molecule has 4 nitrogen and oxygen atoms in total. The number of hydrogen-bond donors (Lipinski definition) is 1. The number of furan rings is 1. The molecule has 5 heteroatoms. The predicted octanol–water partition coefficient (Wildman–Crippen LogP) is 1.74. The summed E-state index contributed by atoms with van der Waals surface area (Å²) in [5, 5.41) is 9.00. The van der Waals surface area contributed by atoms with Gasteiger partial charge in [0.2, 0.25) is 5.91 Å². The maximum absolute atomic E-state index is 11.8. The first-order chi connectivity index (χ1) is 8.19. The summed E-state index contributed by atoms with van der Waals surface area (Å²) in [6.07, 6.45) is 4.08. The fourth-order valence-electron chi connectivity index (χ4n) is 1.86. The van der Waals surface area contributed by atoms with E-state index in [-0.39, 0.29) is 18.4 Å². The van der Waals surface area contributed by atoms with Crippen LogP contribution >= 0.6 is 22.6 Å². The number of nitrogens with zero attached hydrogens (tertiary/aromatic N) is 1. The van der Waals surface area contributed by atoms with Crippen molar-refractivity contribution in [2.45, 2.75) is 6.42 Å². The molecule has 0 radical (unpaired) electrons. The van der Waals surface area contributed by atoms with Crippen molar-refractivity contribution >= 4 is 34.6 Å². The third-order valence-electron chi connectivity index (χ3n) is 2.84. The van der Waals surface area contributed by atoms with Crippen molar-refractivity contribution < 1.29 is 14.3 Å². The molecule has 1 atom stereocenters. The maximum atomic E-state index is 11.8. The predicted molar refractivity (Wildman–Crippen MR) is 72.2 cm³/mol. The fourth-order valence-corrected chi connectivity index (χ4v) is 2.29. The lowest BCUT2D eigenvalue weighted by Crippen LogP contribution is -2.27. The SMILES string of the molecule is O=C(/C=C/c1ccc(I)o1)N1CCC(CO)C1. The van der Waals surface area contributed by atoms with Crippen molar-refractivity contribution in [3.05, 3.63) is 27.7 Å². The summed E-state index contributed by atoms with van der Waals surface area (Å²) in [5.41, 5.74) is 0. The Bertz CT molecular complexity index is 427. The number of halogens is 1. The van der Waals surface area contributed by atoms with Gasteiger partial charge < -0.3 is 14.4 Å². The minimum Gasteiger partial charge on any atom is -0.451 e. The van der Waals surface area contributed by atoms with E-state index in [1.165, 1.54) is 6.08 Å². The van der Waals surface area contributed by atoms with Gasteiger partial charge in [-0.05, 0) is 47.2 Å². The number of hydrogen-bond acceptors (Lipinski definition) is 3. The summed E-state index contributed by atoms with van der Waals surface area (Å²) < 4.78 is 6.13. The Morgan fingerprint density at radius 3 is 3.06 bits per heavy atom. The Morgan fingerprint density at radius 2 is 2.47 bits per heavy atom. The van der Waals surface area contributed by atoms with Crippen molar-refractivity contribution in [2.75, 3.05) is 19.7 Å². The van der Waals surface area contributed by atoms with Gasteiger partial charge in [0.05, 0.1) is 0 Å². The topological polar surface area (TPSA) is 53.7 Å². The Kier molecular flexibility index (Phi) is 4.22. The smallest absolute Gasteiger partial charge is 0.246 e. The molecule has 1 aromatic rings. The van der Waals surface area contributed by atoms with Crippen molar-refractivity contribution in [1.29, 1.82) is 0 Å². The molecule has 1 saturated heterocycles. The Balaban J connectivity index is 1.91. The molecule has 17 heavy (non-hydrogen) atoms. The number of rotatable bonds is 3. The van der Waals surface area contributed by atoms with E-state index >= 15 is 0 Å². The molecule has 1 unspecified atom stereocenters. The molecule has 2 rings (SSSR count). The molecule has 1 amide bonds. The van der Waals surface area contributed by atoms with E-state index in [1.54, 1.807) is 11.0 Å². The van der Waals surface area contributed by atoms with Gasteiger partial charge in [-0.1, -0.05) is 0 Å². The highest BCUT2D eigenvalue weighted by molar-refractivity contribution is 14.1. The summed E-state index contributed by atoms with van der Waals surface area (Å²) in [7, 11) is 0. The van der Waals surface area contributed by atoms with Crippen molar-refractivity contribution in [2.24, 2.45) is 5.92 Å². The van der Waals surface area contributed by atoms with E-state index in [0.29, 0.717) is 12.3 Å². The molecule has 92 valence electrons. The Labute approximate surface area is 113 Å². The Morgan fingerprint density at radius 1 is 1.65 bits per heavy atom. The van der Waals surface area contributed by atoms with Gasteiger partial charge >= 0.3 is 0 Å². The van der Waals surface area contributed by atoms with Crippen LogP contribution in [0.25, 0.3) is 6.08 Å². The molecule has 1 N–H and O–H groups in total. The maximum Gasteiger partial charge on any atom is 0.246 e. The van der Waals surface area contributed by atoms with Crippen LogP contribution < -0.4 is 0 Å². The minimum absolute atomic E-state index is 0.0210. The van der Waals surface area contributed by atoms with Crippen molar-refractivity contribution in [3.8, 4) is 0 Å². The average Bonchev–Trinajstić information content (AvgIpc) is 2.94. The largest absolute Gasteiger partial charge is 0.451 e. The molecule has 1 aliphatic rings. The zero-order chi connectivity index (χ0) is 12.3. The van der Waals surface area contributed by atoms with Gasteiger partial charge in [-0.25, -0.2) is 0 Å². The number of carbonyl (C=O) groups is 1. The molecule has 0 aromatic carbocycles. The summed E-state index contributed by atoms with van der Waals surface area (Å²) in [6, 6.07) is 3.68. The van der Waals surface area contributed by atoms with Crippen LogP contribution in [0.15, 0.2) is 22.6 Å². The van der Waals surface area contributed by atoms with Crippen LogP contribution in [-0.2, 0) is 4.79 Å². The van der Waals surface area contributed by atoms with Crippen LogP contribution in [0.5, 0.6) is 0 Å². The van der Waals surface area contributed by atoms with Crippen LogP contribution in [0.4, 0.5) is 0 Å². The first-order valence-electron chi connectivity index (χ1n) is 5.52. The second-order valence-corrected chi connectivity index (χ2v) is 5.16. The molecular formula is C12H14INO3. The van der Waals surface area contributed by atoms with Gasteiger partial charge in [-0.2, -0.15) is 0 Å². The fraction of sp³-hybridized carbons (Fsp3) is 0.417. The van der Waals surface area contributed by atoms with Gasteiger partial charge in [0.15, 0.2) is 3.77 Å².